The van der Waals surface area contributed by atoms with Crippen molar-refractivity contribution in [2.24, 2.45) is 0 Å². The largest absolute Gasteiger partial charge is 0.494 e. The predicted octanol–water partition coefficient (Wildman–Crippen LogP) is 6.83. The summed E-state index contributed by atoms with van der Waals surface area (Å²) in [4.78, 5) is 25.4. The van der Waals surface area contributed by atoms with Crippen molar-refractivity contribution in [3.05, 3.63) is 77.9 Å². The van der Waals surface area contributed by atoms with E-state index in [9.17, 15) is 9.59 Å². The van der Waals surface area contributed by atoms with Crippen molar-refractivity contribution >= 4 is 23.2 Å². The van der Waals surface area contributed by atoms with Crippen LogP contribution in [0.2, 0.25) is 0 Å². The van der Waals surface area contributed by atoms with Crippen molar-refractivity contribution in [1.82, 2.24) is 0 Å². The highest BCUT2D eigenvalue weighted by atomic mass is 16.5. The standard InChI is InChI=1S/C31H38N2O5/c1-6-36-27-21-26(33-30(35)22-12-9-8-10-13-22)28(37-7-2)20-25(27)32-29(34)14-11-19-38-24-17-15-23(16-18-24)31(3,4)5/h8-10,12-13,15-18,20-21H,6-7,11,14,19H2,1-5H3,(H,32,34)(H,33,35). The third-order valence-corrected chi connectivity index (χ3v) is 5.78. The smallest absolute Gasteiger partial charge is 0.255 e. The van der Waals surface area contributed by atoms with Gasteiger partial charge in [0.15, 0.2) is 0 Å². The summed E-state index contributed by atoms with van der Waals surface area (Å²) >= 11 is 0. The van der Waals surface area contributed by atoms with Crippen LogP contribution in [0.3, 0.4) is 0 Å². The van der Waals surface area contributed by atoms with E-state index < -0.39 is 0 Å². The van der Waals surface area contributed by atoms with Gasteiger partial charge in [0.05, 0.1) is 31.2 Å². The minimum Gasteiger partial charge on any atom is -0.494 e. The molecule has 0 spiro atoms. The molecular weight excluding hydrogens is 480 g/mol. The SMILES string of the molecule is CCOc1cc(NC(=O)c2ccccc2)c(OCC)cc1NC(=O)CCCOc1ccc(C(C)(C)C)cc1. The quantitative estimate of drug-likeness (QED) is 0.257. The molecule has 0 saturated heterocycles. The highest BCUT2D eigenvalue weighted by Gasteiger charge is 2.17. The van der Waals surface area contributed by atoms with Gasteiger partial charge in [0.25, 0.3) is 5.91 Å². The van der Waals surface area contributed by atoms with Gasteiger partial charge in [-0.25, -0.2) is 0 Å². The van der Waals surface area contributed by atoms with Gasteiger partial charge in [0.1, 0.15) is 17.2 Å². The number of benzene rings is 3. The summed E-state index contributed by atoms with van der Waals surface area (Å²) in [6.45, 7) is 11.4. The summed E-state index contributed by atoms with van der Waals surface area (Å²) in [5, 5.41) is 5.80. The van der Waals surface area contributed by atoms with Crippen molar-refractivity contribution in [3.63, 3.8) is 0 Å². The maximum atomic E-state index is 12.7. The maximum absolute atomic E-state index is 12.7. The van der Waals surface area contributed by atoms with Crippen LogP contribution in [-0.4, -0.2) is 31.6 Å². The van der Waals surface area contributed by atoms with Crippen LogP contribution in [0, 0.1) is 0 Å². The fourth-order valence-electron chi connectivity index (χ4n) is 3.78. The van der Waals surface area contributed by atoms with Crippen molar-refractivity contribution in [2.45, 2.75) is 52.9 Å². The summed E-state index contributed by atoms with van der Waals surface area (Å²) < 4.78 is 17.3. The summed E-state index contributed by atoms with van der Waals surface area (Å²) in [7, 11) is 0. The number of rotatable bonds is 12. The molecule has 7 nitrogen and oxygen atoms in total. The lowest BCUT2D eigenvalue weighted by atomic mass is 9.87. The monoisotopic (exact) mass is 518 g/mol. The molecule has 0 unspecified atom stereocenters. The number of amides is 2. The second-order valence-corrected chi connectivity index (χ2v) is 9.81. The van der Waals surface area contributed by atoms with E-state index in [1.165, 1.54) is 5.56 Å². The molecular formula is C31H38N2O5. The second kappa shape index (κ2) is 13.5. The molecule has 2 amide bonds. The van der Waals surface area contributed by atoms with Gasteiger partial charge < -0.3 is 24.8 Å². The molecule has 3 aromatic carbocycles. The Bertz CT molecular complexity index is 1200. The average Bonchev–Trinajstić information content (AvgIpc) is 2.89. The van der Waals surface area contributed by atoms with E-state index in [0.29, 0.717) is 54.7 Å². The van der Waals surface area contributed by atoms with Gasteiger partial charge in [0.2, 0.25) is 5.91 Å². The highest BCUT2D eigenvalue weighted by molar-refractivity contribution is 6.05. The number of ether oxygens (including phenoxy) is 3. The van der Waals surface area contributed by atoms with Crippen molar-refractivity contribution < 1.29 is 23.8 Å². The molecule has 7 heteroatoms. The third-order valence-electron chi connectivity index (χ3n) is 5.78. The van der Waals surface area contributed by atoms with Crippen LogP contribution in [0.4, 0.5) is 11.4 Å². The van der Waals surface area contributed by atoms with Gasteiger partial charge in [-0.3, -0.25) is 9.59 Å². The average molecular weight is 519 g/mol. The summed E-state index contributed by atoms with van der Waals surface area (Å²) in [6.07, 6.45) is 0.836. The molecule has 0 atom stereocenters. The minimum absolute atomic E-state index is 0.0880. The molecule has 0 aliphatic rings. The molecule has 0 fully saturated rings. The van der Waals surface area contributed by atoms with Crippen LogP contribution in [0.1, 0.15) is 63.4 Å². The summed E-state index contributed by atoms with van der Waals surface area (Å²) in [6, 6.07) is 20.3. The van der Waals surface area contributed by atoms with Crippen molar-refractivity contribution in [1.29, 1.82) is 0 Å². The molecule has 3 aromatic rings. The molecule has 0 radical (unpaired) electrons. The van der Waals surface area contributed by atoms with E-state index in [1.807, 2.05) is 32.0 Å². The van der Waals surface area contributed by atoms with Crippen LogP contribution >= 0.6 is 0 Å². The zero-order chi connectivity index (χ0) is 27.5. The van der Waals surface area contributed by atoms with E-state index in [2.05, 4.69) is 43.5 Å². The van der Waals surface area contributed by atoms with Gasteiger partial charge in [-0.05, 0) is 55.5 Å². The van der Waals surface area contributed by atoms with Gasteiger partial charge in [-0.15, -0.1) is 0 Å². The van der Waals surface area contributed by atoms with E-state index in [4.69, 9.17) is 14.2 Å². The Hall–Kier alpha value is -4.00. The first-order valence-corrected chi connectivity index (χ1v) is 13.0. The van der Waals surface area contributed by atoms with Crippen molar-refractivity contribution in [2.75, 3.05) is 30.5 Å². The van der Waals surface area contributed by atoms with E-state index in [0.717, 1.165) is 5.75 Å². The first-order valence-electron chi connectivity index (χ1n) is 13.0. The molecule has 0 heterocycles. The zero-order valence-corrected chi connectivity index (χ0v) is 22.9. The maximum Gasteiger partial charge on any atom is 0.255 e. The molecule has 3 rings (SSSR count). The number of carbonyl (C=O) groups is 2. The Labute approximate surface area is 225 Å². The first kappa shape index (κ1) is 28.6. The molecule has 0 bridgehead atoms. The fraction of sp³-hybridized carbons (Fsp3) is 0.355. The third kappa shape index (κ3) is 8.26. The second-order valence-electron chi connectivity index (χ2n) is 9.81. The number of hydrogen-bond acceptors (Lipinski definition) is 5. The van der Waals surface area contributed by atoms with Crippen molar-refractivity contribution in [3.8, 4) is 17.2 Å². The molecule has 0 aliphatic heterocycles. The van der Waals surface area contributed by atoms with Gasteiger partial charge in [0, 0.05) is 24.1 Å². The lowest BCUT2D eigenvalue weighted by Gasteiger charge is -2.19. The van der Waals surface area contributed by atoms with Gasteiger partial charge >= 0.3 is 0 Å². The highest BCUT2D eigenvalue weighted by Crippen LogP contribution is 2.37. The Morgan fingerprint density at radius 1 is 0.763 bits per heavy atom. The van der Waals surface area contributed by atoms with Crippen LogP contribution in [-0.2, 0) is 10.2 Å². The zero-order valence-electron chi connectivity index (χ0n) is 22.9. The Kier molecular flexibility index (Phi) is 10.2. The lowest BCUT2D eigenvalue weighted by molar-refractivity contribution is -0.116. The van der Waals surface area contributed by atoms with Crippen LogP contribution in [0.5, 0.6) is 17.2 Å². The fourth-order valence-corrected chi connectivity index (χ4v) is 3.78. The van der Waals surface area contributed by atoms with Crippen LogP contribution in [0.15, 0.2) is 66.7 Å². The molecule has 38 heavy (non-hydrogen) atoms. The number of nitrogens with one attached hydrogen (secondary N) is 2. The van der Waals surface area contributed by atoms with E-state index in [-0.39, 0.29) is 23.7 Å². The topological polar surface area (TPSA) is 85.9 Å². The molecule has 2 N–H and O–H groups in total. The molecule has 0 saturated carbocycles. The summed E-state index contributed by atoms with van der Waals surface area (Å²) in [5.74, 6) is 1.24. The summed E-state index contributed by atoms with van der Waals surface area (Å²) in [5.41, 5.74) is 2.80. The number of carbonyl (C=O) groups excluding carboxylic acids is 2. The molecule has 0 aromatic heterocycles. The Morgan fingerprint density at radius 2 is 1.34 bits per heavy atom. The van der Waals surface area contributed by atoms with Crippen LogP contribution in [0.25, 0.3) is 0 Å². The molecule has 202 valence electrons. The predicted molar refractivity (Wildman–Crippen MR) is 152 cm³/mol. The minimum atomic E-state index is -0.265. The normalized spacial score (nSPS) is 11.0. The van der Waals surface area contributed by atoms with Crippen LogP contribution < -0.4 is 24.8 Å². The molecule has 0 aliphatic carbocycles. The number of hydrogen-bond donors (Lipinski definition) is 2. The Balaban J connectivity index is 1.62. The Morgan fingerprint density at radius 3 is 1.89 bits per heavy atom. The van der Waals surface area contributed by atoms with Gasteiger partial charge in [-0.1, -0.05) is 51.1 Å². The number of anilines is 2. The van der Waals surface area contributed by atoms with E-state index >= 15 is 0 Å². The first-order chi connectivity index (χ1) is 18.2. The van der Waals surface area contributed by atoms with E-state index in [1.54, 1.807) is 36.4 Å². The lowest BCUT2D eigenvalue weighted by Crippen LogP contribution is -2.16. The van der Waals surface area contributed by atoms with Gasteiger partial charge in [-0.2, -0.15) is 0 Å².